The first-order valence-corrected chi connectivity index (χ1v) is 15.6. The van der Waals surface area contributed by atoms with Gasteiger partial charge in [-0.3, -0.25) is 15.2 Å². The van der Waals surface area contributed by atoms with Crippen molar-refractivity contribution in [1.82, 2.24) is 19.9 Å². The molecule has 236 valence electrons. The number of anilines is 2. The summed E-state index contributed by atoms with van der Waals surface area (Å²) in [6, 6.07) is 2.35. The van der Waals surface area contributed by atoms with Crippen molar-refractivity contribution in [2.45, 2.75) is 78.4 Å². The Kier molecular flexibility index (Phi) is 7.66. The maximum Gasteiger partial charge on any atom is 0.412 e. The molecule has 0 aliphatic carbocycles. The fraction of sp³-hybridized carbons (Fsp3) is 0.469. The van der Waals surface area contributed by atoms with Crippen LogP contribution in [-0.2, 0) is 22.7 Å². The van der Waals surface area contributed by atoms with Gasteiger partial charge in [0, 0.05) is 47.2 Å². The molecule has 2 aliphatic heterocycles. The molecule has 1 atom stereocenters. The Morgan fingerprint density at radius 2 is 1.91 bits per heavy atom. The molecule has 1 fully saturated rings. The summed E-state index contributed by atoms with van der Waals surface area (Å²) in [5.74, 6) is -0.932. The molecule has 3 aromatic heterocycles. The van der Waals surface area contributed by atoms with Crippen molar-refractivity contribution in [2.75, 3.05) is 30.4 Å². The van der Waals surface area contributed by atoms with E-state index in [0.717, 1.165) is 36.1 Å². The third-order valence-corrected chi connectivity index (χ3v) is 9.49. The van der Waals surface area contributed by atoms with Crippen LogP contribution in [0.3, 0.4) is 0 Å². The number of rotatable bonds is 4. The Bertz CT molecular complexity index is 1890. The van der Waals surface area contributed by atoms with E-state index in [1.807, 2.05) is 0 Å². The minimum absolute atomic E-state index is 0.00774. The highest BCUT2D eigenvalue weighted by molar-refractivity contribution is 7.23. The number of amides is 1. The number of likely N-dealkylation sites (N-methyl/N-ethyl adjacent to an activating group) is 1. The van der Waals surface area contributed by atoms with Crippen LogP contribution in [0.2, 0.25) is 0 Å². The quantitative estimate of drug-likeness (QED) is 0.260. The summed E-state index contributed by atoms with van der Waals surface area (Å²) in [5.41, 5.74) is 0.698. The van der Waals surface area contributed by atoms with Crippen molar-refractivity contribution in [3.05, 3.63) is 40.7 Å². The molecular weight excluding hydrogens is 600 g/mol. The molecule has 1 unspecified atom stereocenters. The number of ether oxygens (including phenoxy) is 2. The number of hydrogen-bond acceptors (Lipinski definition) is 10. The van der Waals surface area contributed by atoms with Crippen LogP contribution in [0.15, 0.2) is 12.4 Å². The molecule has 13 heteroatoms. The van der Waals surface area contributed by atoms with Gasteiger partial charge in [-0.1, -0.05) is 0 Å². The third-order valence-electron chi connectivity index (χ3n) is 8.37. The molecule has 1 amide bonds. The van der Waals surface area contributed by atoms with Crippen LogP contribution in [-0.4, -0.2) is 63.3 Å². The second-order valence-corrected chi connectivity index (χ2v) is 14.5. The zero-order chi connectivity index (χ0) is 32.4. The lowest BCUT2D eigenvalue weighted by Gasteiger charge is -2.36. The van der Waals surface area contributed by atoms with Crippen LogP contribution in [0.5, 0.6) is 0 Å². The fourth-order valence-corrected chi connectivity index (χ4v) is 6.98. The topological polar surface area (TPSA) is 116 Å². The molecule has 1 N–H and O–H groups in total. The van der Waals surface area contributed by atoms with Crippen LogP contribution >= 0.6 is 11.3 Å². The van der Waals surface area contributed by atoms with E-state index >= 15 is 8.78 Å². The van der Waals surface area contributed by atoms with Gasteiger partial charge in [-0.2, -0.15) is 5.26 Å². The largest absolute Gasteiger partial charge is 0.444 e. The molecule has 0 spiro atoms. The summed E-state index contributed by atoms with van der Waals surface area (Å²) >= 11 is 0.865. The Morgan fingerprint density at radius 1 is 1.18 bits per heavy atom. The highest BCUT2D eigenvalue weighted by atomic mass is 32.1. The molecule has 2 aliphatic rings. The average Bonchev–Trinajstić information content (AvgIpc) is 3.71. The summed E-state index contributed by atoms with van der Waals surface area (Å²) in [4.78, 5) is 30.6. The van der Waals surface area contributed by atoms with Crippen LogP contribution in [0.4, 0.5) is 24.5 Å². The molecule has 45 heavy (non-hydrogen) atoms. The van der Waals surface area contributed by atoms with E-state index in [9.17, 15) is 10.1 Å². The summed E-state index contributed by atoms with van der Waals surface area (Å²) in [7, 11) is 2.11. The predicted octanol–water partition coefficient (Wildman–Crippen LogP) is 6.74. The van der Waals surface area contributed by atoms with Gasteiger partial charge in [-0.05, 0) is 66.1 Å². The number of nitriles is 1. The zero-order valence-corrected chi connectivity index (χ0v) is 27.2. The SMILES string of the molecule is CN(C1CCN(c2ncc3c4c(c(-c5ncc(F)c6sc(NC(=O)OC(C)(C)C)c(C#N)c56)c(F)c3n2)COC4)C1)C(C)(C)C. The van der Waals surface area contributed by atoms with E-state index < -0.39 is 23.3 Å². The first-order chi connectivity index (χ1) is 21.2. The first-order valence-electron chi connectivity index (χ1n) is 14.7. The maximum absolute atomic E-state index is 16.8. The van der Waals surface area contributed by atoms with Gasteiger partial charge in [0.15, 0.2) is 11.6 Å². The number of hydrogen-bond donors (Lipinski definition) is 1. The second-order valence-electron chi connectivity index (χ2n) is 13.4. The minimum atomic E-state index is -0.797. The van der Waals surface area contributed by atoms with E-state index in [4.69, 9.17) is 14.5 Å². The molecule has 1 saturated heterocycles. The Balaban J connectivity index is 1.48. The number of nitrogens with zero attached hydrogens (tertiary/aromatic N) is 6. The van der Waals surface area contributed by atoms with Gasteiger partial charge in [0.05, 0.1) is 35.4 Å². The zero-order valence-electron chi connectivity index (χ0n) is 26.3. The Labute approximate surface area is 264 Å². The molecule has 4 aromatic rings. The Hall–Kier alpha value is -3.99. The lowest BCUT2D eigenvalue weighted by atomic mass is 9.94. The van der Waals surface area contributed by atoms with Crippen molar-refractivity contribution in [2.24, 2.45) is 0 Å². The van der Waals surface area contributed by atoms with Gasteiger partial charge in [-0.15, -0.1) is 11.3 Å². The lowest BCUT2D eigenvalue weighted by molar-refractivity contribution is 0.0636. The smallest absolute Gasteiger partial charge is 0.412 e. The first kappa shape index (κ1) is 31.0. The van der Waals surface area contributed by atoms with E-state index in [2.05, 4.69) is 59.0 Å². The lowest BCUT2D eigenvalue weighted by Crippen LogP contribution is -2.46. The van der Waals surface area contributed by atoms with E-state index in [0.29, 0.717) is 29.5 Å². The number of carbonyl (C=O) groups is 1. The highest BCUT2D eigenvalue weighted by Crippen LogP contribution is 2.46. The maximum atomic E-state index is 16.8. The highest BCUT2D eigenvalue weighted by Gasteiger charge is 2.34. The number of carbonyl (C=O) groups excluding carboxylic acids is 1. The standard InChI is InChI=1S/C32H35F2N7O3S/c1-31(2,3)40(7)16-8-9-41(13-16)29-37-11-18-19-14-43-15-20(19)22(24(34)25(18)38-29)26-23-17(10-35)28(39-30(42)44-32(4,5)6)45-27(23)21(33)12-36-26/h11-12,16H,8-9,13-15H2,1-7H3,(H,39,42). The van der Waals surface area contributed by atoms with Crippen LogP contribution in [0, 0.1) is 23.0 Å². The van der Waals surface area contributed by atoms with E-state index in [-0.39, 0.29) is 56.2 Å². The van der Waals surface area contributed by atoms with Gasteiger partial charge in [-0.25, -0.2) is 23.5 Å². The number of aromatic nitrogens is 3. The van der Waals surface area contributed by atoms with Crippen molar-refractivity contribution in [3.8, 4) is 17.3 Å². The van der Waals surface area contributed by atoms with Crippen molar-refractivity contribution < 1.29 is 23.0 Å². The molecule has 10 nitrogen and oxygen atoms in total. The summed E-state index contributed by atoms with van der Waals surface area (Å²) < 4.78 is 43.2. The molecule has 6 rings (SSSR count). The minimum Gasteiger partial charge on any atom is -0.444 e. The van der Waals surface area contributed by atoms with Crippen molar-refractivity contribution in [3.63, 3.8) is 0 Å². The van der Waals surface area contributed by atoms with E-state index in [1.165, 1.54) is 0 Å². The van der Waals surface area contributed by atoms with Crippen molar-refractivity contribution >= 4 is 49.4 Å². The third kappa shape index (κ3) is 5.55. The van der Waals surface area contributed by atoms with E-state index in [1.54, 1.807) is 27.0 Å². The van der Waals surface area contributed by atoms with Crippen LogP contribution in [0.1, 0.15) is 64.7 Å². The average molecular weight is 636 g/mol. The molecule has 0 radical (unpaired) electrons. The number of halogens is 2. The van der Waals surface area contributed by atoms with Crippen LogP contribution < -0.4 is 10.2 Å². The predicted molar refractivity (Wildman–Crippen MR) is 169 cm³/mol. The summed E-state index contributed by atoms with van der Waals surface area (Å²) in [5, 5.41) is 13.5. The number of benzene rings is 1. The van der Waals surface area contributed by atoms with Crippen LogP contribution in [0.25, 0.3) is 32.2 Å². The van der Waals surface area contributed by atoms with Gasteiger partial charge in [0.1, 0.15) is 22.2 Å². The summed E-state index contributed by atoms with van der Waals surface area (Å²) in [6.45, 7) is 13.4. The number of fused-ring (bicyclic) bond motifs is 4. The van der Waals surface area contributed by atoms with Crippen molar-refractivity contribution in [1.29, 1.82) is 5.26 Å². The molecule has 1 aromatic carbocycles. The van der Waals surface area contributed by atoms with Gasteiger partial charge in [0.2, 0.25) is 5.95 Å². The number of pyridine rings is 1. The molecular formula is C32H35F2N7O3S. The number of nitrogens with one attached hydrogen (secondary N) is 1. The van der Waals surface area contributed by atoms with Gasteiger partial charge < -0.3 is 14.4 Å². The number of thiophene rings is 1. The molecule has 5 heterocycles. The van der Waals surface area contributed by atoms with Gasteiger partial charge >= 0.3 is 6.09 Å². The normalized spacial score (nSPS) is 16.9. The fourth-order valence-electron chi connectivity index (χ4n) is 5.94. The monoisotopic (exact) mass is 635 g/mol. The Morgan fingerprint density at radius 3 is 2.60 bits per heavy atom. The second kappa shape index (κ2) is 11.1. The molecule has 0 saturated carbocycles. The molecule has 0 bridgehead atoms. The summed E-state index contributed by atoms with van der Waals surface area (Å²) in [6.07, 6.45) is 2.77. The van der Waals surface area contributed by atoms with Gasteiger partial charge in [0.25, 0.3) is 0 Å².